The van der Waals surface area contributed by atoms with Gasteiger partial charge in [0.05, 0.1) is 11.0 Å². The zero-order valence-corrected chi connectivity index (χ0v) is 16.2. The van der Waals surface area contributed by atoms with Crippen molar-refractivity contribution in [1.29, 1.82) is 0 Å². The molecule has 0 aliphatic rings. The van der Waals surface area contributed by atoms with Gasteiger partial charge in [0.15, 0.2) is 5.43 Å². The second-order valence-corrected chi connectivity index (χ2v) is 7.26. The van der Waals surface area contributed by atoms with Crippen LogP contribution in [0.5, 0.6) is 0 Å². The van der Waals surface area contributed by atoms with Crippen LogP contribution in [0.2, 0.25) is 5.02 Å². The zero-order valence-electron chi connectivity index (χ0n) is 15.4. The SMILES string of the molecule is CN(Cc1ccc(Cl)cc1)C(=O)Cn1c2ccccc2c(=O)c2ccccc21. The molecule has 0 N–H and O–H groups in total. The average Bonchev–Trinajstić information content (AvgIpc) is 2.72. The van der Waals surface area contributed by atoms with E-state index < -0.39 is 0 Å². The number of fused-ring (bicyclic) bond motifs is 2. The Morgan fingerprint density at radius 2 is 1.43 bits per heavy atom. The van der Waals surface area contributed by atoms with Gasteiger partial charge in [-0.1, -0.05) is 48.0 Å². The van der Waals surface area contributed by atoms with Crippen molar-refractivity contribution in [2.45, 2.75) is 13.1 Å². The molecule has 0 aliphatic carbocycles. The van der Waals surface area contributed by atoms with E-state index in [0.717, 1.165) is 16.6 Å². The topological polar surface area (TPSA) is 42.3 Å². The Kier molecular flexibility index (Phi) is 4.88. The number of nitrogens with zero attached hydrogens (tertiary/aromatic N) is 2. The van der Waals surface area contributed by atoms with Crippen molar-refractivity contribution in [2.75, 3.05) is 7.05 Å². The summed E-state index contributed by atoms with van der Waals surface area (Å²) in [6.07, 6.45) is 0. The Labute approximate surface area is 167 Å². The van der Waals surface area contributed by atoms with Gasteiger partial charge in [0.25, 0.3) is 0 Å². The van der Waals surface area contributed by atoms with Gasteiger partial charge >= 0.3 is 0 Å². The van der Waals surface area contributed by atoms with E-state index >= 15 is 0 Å². The minimum atomic E-state index is -0.0334. The number of para-hydroxylation sites is 2. The molecule has 0 fully saturated rings. The summed E-state index contributed by atoms with van der Waals surface area (Å²) in [5.41, 5.74) is 2.53. The number of hydrogen-bond acceptors (Lipinski definition) is 2. The highest BCUT2D eigenvalue weighted by atomic mass is 35.5. The van der Waals surface area contributed by atoms with Gasteiger partial charge in [0.1, 0.15) is 6.54 Å². The molecule has 4 aromatic rings. The zero-order chi connectivity index (χ0) is 19.7. The van der Waals surface area contributed by atoms with E-state index in [2.05, 4.69) is 0 Å². The van der Waals surface area contributed by atoms with Crippen LogP contribution in [0, 0.1) is 0 Å². The molecule has 0 spiro atoms. The van der Waals surface area contributed by atoms with Gasteiger partial charge in [-0.05, 0) is 42.0 Å². The number of hydrogen-bond donors (Lipinski definition) is 0. The lowest BCUT2D eigenvalue weighted by Gasteiger charge is -2.20. The largest absolute Gasteiger partial charge is 0.340 e. The molecular weight excluding hydrogens is 372 g/mol. The molecule has 0 unspecified atom stereocenters. The van der Waals surface area contributed by atoms with Crippen molar-refractivity contribution in [1.82, 2.24) is 9.47 Å². The van der Waals surface area contributed by atoms with Crippen LogP contribution in [-0.4, -0.2) is 22.4 Å². The number of benzene rings is 3. The first-order valence-corrected chi connectivity index (χ1v) is 9.41. The van der Waals surface area contributed by atoms with Gasteiger partial charge in [-0.3, -0.25) is 9.59 Å². The average molecular weight is 391 g/mol. The standard InChI is InChI=1S/C23H19ClN2O2/c1-25(14-16-10-12-17(24)13-11-16)22(27)15-26-20-8-4-2-6-18(20)23(28)19-7-3-5-9-21(19)26/h2-13H,14-15H2,1H3. The van der Waals surface area contributed by atoms with Crippen LogP contribution in [0.1, 0.15) is 5.56 Å². The number of halogens is 1. The number of carbonyl (C=O) groups is 1. The second-order valence-electron chi connectivity index (χ2n) is 6.83. The van der Waals surface area contributed by atoms with Crippen LogP contribution >= 0.6 is 11.6 Å². The minimum absolute atomic E-state index is 0.00980. The van der Waals surface area contributed by atoms with Crippen LogP contribution < -0.4 is 5.43 Å². The summed E-state index contributed by atoms with van der Waals surface area (Å²) >= 11 is 5.93. The fraction of sp³-hybridized carbons (Fsp3) is 0.130. The van der Waals surface area contributed by atoms with Gasteiger partial charge in [0, 0.05) is 29.4 Å². The van der Waals surface area contributed by atoms with Gasteiger partial charge in [-0.2, -0.15) is 0 Å². The predicted octanol–water partition coefficient (Wildman–Crippen LogP) is 4.47. The Morgan fingerprint density at radius 1 is 0.893 bits per heavy atom. The highest BCUT2D eigenvalue weighted by molar-refractivity contribution is 6.30. The van der Waals surface area contributed by atoms with E-state index in [0.29, 0.717) is 22.3 Å². The van der Waals surface area contributed by atoms with Gasteiger partial charge < -0.3 is 9.47 Å². The maximum Gasteiger partial charge on any atom is 0.242 e. The molecule has 28 heavy (non-hydrogen) atoms. The highest BCUT2D eigenvalue weighted by Gasteiger charge is 2.15. The molecule has 1 aromatic heterocycles. The molecule has 0 aliphatic heterocycles. The summed E-state index contributed by atoms with van der Waals surface area (Å²) in [5, 5.41) is 1.91. The lowest BCUT2D eigenvalue weighted by molar-refractivity contribution is -0.130. The third kappa shape index (κ3) is 3.39. The van der Waals surface area contributed by atoms with E-state index in [-0.39, 0.29) is 17.9 Å². The van der Waals surface area contributed by atoms with Crippen LogP contribution in [0.4, 0.5) is 0 Å². The summed E-state index contributed by atoms with van der Waals surface area (Å²) in [4.78, 5) is 27.5. The Balaban J connectivity index is 1.72. The van der Waals surface area contributed by atoms with Crippen molar-refractivity contribution in [2.24, 2.45) is 0 Å². The first-order chi connectivity index (χ1) is 13.5. The smallest absolute Gasteiger partial charge is 0.242 e. The van der Waals surface area contributed by atoms with Crippen LogP contribution in [-0.2, 0) is 17.9 Å². The fourth-order valence-corrected chi connectivity index (χ4v) is 3.58. The quantitative estimate of drug-likeness (QED) is 0.482. The summed E-state index contributed by atoms with van der Waals surface area (Å²) < 4.78 is 1.92. The molecule has 0 atom stereocenters. The van der Waals surface area contributed by atoms with Crippen molar-refractivity contribution in [3.63, 3.8) is 0 Å². The number of pyridine rings is 1. The Morgan fingerprint density at radius 3 is 2.00 bits per heavy atom. The molecule has 4 rings (SSSR count). The first kappa shape index (κ1) is 18.3. The second kappa shape index (κ2) is 7.49. The van der Waals surface area contributed by atoms with E-state index in [4.69, 9.17) is 11.6 Å². The minimum Gasteiger partial charge on any atom is -0.340 e. The number of carbonyl (C=O) groups excluding carboxylic acids is 1. The predicted molar refractivity (Wildman–Crippen MR) is 114 cm³/mol. The molecule has 1 heterocycles. The Hall–Kier alpha value is -3.11. The molecule has 140 valence electrons. The van der Waals surface area contributed by atoms with Crippen LogP contribution in [0.3, 0.4) is 0 Å². The molecule has 4 nitrogen and oxygen atoms in total. The summed E-state index contributed by atoms with van der Waals surface area (Å²) in [6, 6.07) is 22.3. The van der Waals surface area contributed by atoms with Crippen molar-refractivity contribution in [3.8, 4) is 0 Å². The van der Waals surface area contributed by atoms with E-state index in [1.54, 1.807) is 11.9 Å². The molecule has 3 aromatic carbocycles. The maximum absolute atomic E-state index is 13.0. The van der Waals surface area contributed by atoms with Crippen molar-refractivity contribution >= 4 is 39.3 Å². The lowest BCUT2D eigenvalue weighted by atomic mass is 10.1. The van der Waals surface area contributed by atoms with Crippen molar-refractivity contribution in [3.05, 3.63) is 93.6 Å². The third-order valence-electron chi connectivity index (χ3n) is 4.93. The number of rotatable bonds is 4. The van der Waals surface area contributed by atoms with Gasteiger partial charge in [0.2, 0.25) is 5.91 Å². The third-order valence-corrected chi connectivity index (χ3v) is 5.18. The number of likely N-dealkylation sites (N-methyl/N-ethyl adjacent to an activating group) is 1. The molecular formula is C23H19ClN2O2. The van der Waals surface area contributed by atoms with Crippen LogP contribution in [0.15, 0.2) is 77.6 Å². The molecule has 0 radical (unpaired) electrons. The molecule has 0 saturated heterocycles. The lowest BCUT2D eigenvalue weighted by Crippen LogP contribution is -2.30. The van der Waals surface area contributed by atoms with Crippen molar-refractivity contribution < 1.29 is 4.79 Å². The summed E-state index contributed by atoms with van der Waals surface area (Å²) in [5.74, 6) is -0.0334. The number of aromatic nitrogens is 1. The molecule has 0 bridgehead atoms. The van der Waals surface area contributed by atoms with Crippen LogP contribution in [0.25, 0.3) is 21.8 Å². The van der Waals surface area contributed by atoms with Gasteiger partial charge in [-0.15, -0.1) is 0 Å². The fourth-order valence-electron chi connectivity index (χ4n) is 3.46. The molecule has 0 saturated carbocycles. The molecule has 5 heteroatoms. The highest BCUT2D eigenvalue weighted by Crippen LogP contribution is 2.19. The van der Waals surface area contributed by atoms with E-state index in [1.165, 1.54) is 0 Å². The summed E-state index contributed by atoms with van der Waals surface area (Å²) in [6.45, 7) is 0.650. The van der Waals surface area contributed by atoms with E-state index in [1.807, 2.05) is 77.4 Å². The first-order valence-electron chi connectivity index (χ1n) is 9.03. The van der Waals surface area contributed by atoms with Gasteiger partial charge in [-0.25, -0.2) is 0 Å². The molecule has 1 amide bonds. The normalized spacial score (nSPS) is 11.1. The number of amides is 1. The monoisotopic (exact) mass is 390 g/mol. The maximum atomic E-state index is 13.0. The van der Waals surface area contributed by atoms with E-state index in [9.17, 15) is 9.59 Å². The summed E-state index contributed by atoms with van der Waals surface area (Å²) in [7, 11) is 1.78. The Bertz CT molecular complexity index is 1170.